The lowest BCUT2D eigenvalue weighted by molar-refractivity contribution is -0.121. The number of carbonyl (C=O) groups excluding carboxylic acids is 1. The second kappa shape index (κ2) is 5.28. The van der Waals surface area contributed by atoms with Crippen molar-refractivity contribution in [3.63, 3.8) is 0 Å². The molecule has 0 aliphatic rings. The molecule has 3 heteroatoms. The van der Waals surface area contributed by atoms with Crippen LogP contribution in [0.1, 0.15) is 26.7 Å². The highest BCUT2D eigenvalue weighted by atomic mass is 16.2. The average molecular weight is 128 g/mol. The molecule has 0 atom stereocenters. The summed E-state index contributed by atoms with van der Waals surface area (Å²) in [4.78, 5) is 10.6. The normalized spacial score (nSPS) is 10.0. The van der Waals surface area contributed by atoms with E-state index < -0.39 is 0 Å². The van der Waals surface area contributed by atoms with Crippen LogP contribution in [-0.4, -0.2) is 12.1 Å². The Morgan fingerprint density at radius 1 is 1.78 bits per heavy atom. The summed E-state index contributed by atoms with van der Waals surface area (Å²) in [6.07, 6.45) is 2.97. The van der Waals surface area contributed by atoms with Crippen molar-refractivity contribution in [2.24, 2.45) is 5.10 Å². The number of nitrogens with zero attached hydrogens (tertiary/aromatic N) is 1. The lowest BCUT2D eigenvalue weighted by Crippen LogP contribution is -2.15. The fourth-order valence-electron chi connectivity index (χ4n) is 0.420. The van der Waals surface area contributed by atoms with Crippen molar-refractivity contribution in [1.82, 2.24) is 5.43 Å². The summed E-state index contributed by atoms with van der Waals surface area (Å²) in [5, 5.41) is 3.57. The summed E-state index contributed by atoms with van der Waals surface area (Å²) in [7, 11) is 0. The van der Waals surface area contributed by atoms with Gasteiger partial charge in [-0.25, -0.2) is 5.43 Å². The minimum atomic E-state index is -0.0180. The van der Waals surface area contributed by atoms with E-state index in [4.69, 9.17) is 0 Å². The van der Waals surface area contributed by atoms with Gasteiger partial charge in [-0.15, -0.1) is 0 Å². The lowest BCUT2D eigenvalue weighted by Gasteiger charge is -1.93. The third-order valence-electron chi connectivity index (χ3n) is 0.795. The molecule has 0 saturated heterocycles. The first-order chi connectivity index (χ1) is 4.31. The van der Waals surface area contributed by atoms with Crippen LogP contribution >= 0.6 is 0 Å². The Hall–Kier alpha value is -0.860. The van der Waals surface area contributed by atoms with Gasteiger partial charge in [-0.1, -0.05) is 6.92 Å². The van der Waals surface area contributed by atoms with E-state index in [1.54, 1.807) is 13.1 Å². The van der Waals surface area contributed by atoms with Gasteiger partial charge in [-0.3, -0.25) is 4.79 Å². The van der Waals surface area contributed by atoms with Crippen molar-refractivity contribution in [3.05, 3.63) is 0 Å². The monoisotopic (exact) mass is 128 g/mol. The van der Waals surface area contributed by atoms with E-state index in [2.05, 4.69) is 10.5 Å². The number of hydrogen-bond donors (Lipinski definition) is 1. The number of hydrazone groups is 1. The molecule has 0 aromatic carbocycles. The topological polar surface area (TPSA) is 41.5 Å². The van der Waals surface area contributed by atoms with Crippen molar-refractivity contribution in [3.8, 4) is 0 Å². The Morgan fingerprint density at radius 2 is 2.44 bits per heavy atom. The average Bonchev–Trinajstić information content (AvgIpc) is 1.85. The summed E-state index contributed by atoms with van der Waals surface area (Å²) in [6, 6.07) is 0. The van der Waals surface area contributed by atoms with Gasteiger partial charge in [0.05, 0.1) is 0 Å². The molecule has 1 N–H and O–H groups in total. The zero-order valence-electron chi connectivity index (χ0n) is 5.85. The van der Waals surface area contributed by atoms with E-state index in [0.29, 0.717) is 6.42 Å². The molecule has 0 aliphatic heterocycles. The van der Waals surface area contributed by atoms with Gasteiger partial charge in [0.25, 0.3) is 0 Å². The molecule has 0 aliphatic carbocycles. The molecular weight excluding hydrogens is 116 g/mol. The van der Waals surface area contributed by atoms with Crippen LogP contribution in [0.4, 0.5) is 0 Å². The Bertz CT molecular complexity index is 110. The summed E-state index contributed by atoms with van der Waals surface area (Å²) < 4.78 is 0. The maximum absolute atomic E-state index is 10.6. The van der Waals surface area contributed by atoms with Crippen molar-refractivity contribution < 1.29 is 4.79 Å². The molecule has 0 aromatic heterocycles. The predicted molar refractivity (Wildman–Crippen MR) is 37.2 cm³/mol. The minimum Gasteiger partial charge on any atom is -0.273 e. The zero-order chi connectivity index (χ0) is 7.11. The Morgan fingerprint density at radius 3 is 2.89 bits per heavy atom. The SMILES string of the molecule is C/C=N/NC(=O)CCC. The standard InChI is InChI=1S/C6H12N2O/c1-3-5-6(9)8-7-4-2/h4H,3,5H2,1-2H3,(H,8,9)/b7-4+. The number of carbonyl (C=O) groups is 1. The van der Waals surface area contributed by atoms with Gasteiger partial charge in [0.1, 0.15) is 0 Å². The molecule has 0 heterocycles. The molecule has 0 fully saturated rings. The second-order valence-electron chi connectivity index (χ2n) is 1.67. The fourth-order valence-corrected chi connectivity index (χ4v) is 0.420. The summed E-state index contributed by atoms with van der Waals surface area (Å²) in [5.74, 6) is -0.0180. The summed E-state index contributed by atoms with van der Waals surface area (Å²) >= 11 is 0. The molecule has 0 spiro atoms. The van der Waals surface area contributed by atoms with E-state index in [9.17, 15) is 4.79 Å². The van der Waals surface area contributed by atoms with Gasteiger partial charge >= 0.3 is 0 Å². The quantitative estimate of drug-likeness (QED) is 0.445. The van der Waals surface area contributed by atoms with Gasteiger partial charge in [-0.2, -0.15) is 5.10 Å². The van der Waals surface area contributed by atoms with E-state index in [1.165, 1.54) is 0 Å². The predicted octanol–water partition coefficient (Wildman–Crippen LogP) is 0.908. The summed E-state index contributed by atoms with van der Waals surface area (Å²) in [6.45, 7) is 3.71. The summed E-state index contributed by atoms with van der Waals surface area (Å²) in [5.41, 5.74) is 2.36. The van der Waals surface area contributed by atoms with Crippen LogP contribution in [-0.2, 0) is 4.79 Å². The molecule has 3 nitrogen and oxygen atoms in total. The van der Waals surface area contributed by atoms with Crippen molar-refractivity contribution in [2.75, 3.05) is 0 Å². The van der Waals surface area contributed by atoms with Crippen LogP contribution in [0.25, 0.3) is 0 Å². The van der Waals surface area contributed by atoms with Gasteiger partial charge in [0, 0.05) is 12.6 Å². The number of rotatable bonds is 3. The first-order valence-corrected chi connectivity index (χ1v) is 3.07. The molecule has 52 valence electrons. The molecule has 0 bridgehead atoms. The number of hydrogen-bond acceptors (Lipinski definition) is 2. The zero-order valence-corrected chi connectivity index (χ0v) is 5.85. The highest BCUT2D eigenvalue weighted by Gasteiger charge is 1.92. The van der Waals surface area contributed by atoms with Crippen LogP contribution in [0.15, 0.2) is 5.10 Å². The maximum atomic E-state index is 10.6. The van der Waals surface area contributed by atoms with Gasteiger partial charge in [0.15, 0.2) is 0 Å². The van der Waals surface area contributed by atoms with E-state index >= 15 is 0 Å². The minimum absolute atomic E-state index is 0.0180. The first kappa shape index (κ1) is 8.14. The highest BCUT2D eigenvalue weighted by molar-refractivity contribution is 5.76. The van der Waals surface area contributed by atoms with Crippen molar-refractivity contribution >= 4 is 12.1 Å². The fraction of sp³-hybridized carbons (Fsp3) is 0.667. The third-order valence-corrected chi connectivity index (χ3v) is 0.795. The number of amides is 1. The Labute approximate surface area is 55.1 Å². The van der Waals surface area contributed by atoms with Gasteiger partial charge in [-0.05, 0) is 13.3 Å². The molecule has 0 unspecified atom stereocenters. The van der Waals surface area contributed by atoms with Crippen LogP contribution in [0, 0.1) is 0 Å². The van der Waals surface area contributed by atoms with E-state index in [-0.39, 0.29) is 5.91 Å². The van der Waals surface area contributed by atoms with Crippen LogP contribution in [0.3, 0.4) is 0 Å². The van der Waals surface area contributed by atoms with Crippen LogP contribution in [0.5, 0.6) is 0 Å². The highest BCUT2D eigenvalue weighted by Crippen LogP contribution is 1.83. The molecular formula is C6H12N2O. The lowest BCUT2D eigenvalue weighted by atomic mass is 10.3. The molecule has 0 radical (unpaired) electrons. The van der Waals surface area contributed by atoms with Gasteiger partial charge in [0.2, 0.25) is 5.91 Å². The first-order valence-electron chi connectivity index (χ1n) is 3.07. The Kier molecular flexibility index (Phi) is 4.78. The largest absolute Gasteiger partial charge is 0.273 e. The Balaban J connectivity index is 3.27. The second-order valence-corrected chi connectivity index (χ2v) is 1.67. The third kappa shape index (κ3) is 5.00. The molecule has 0 rings (SSSR count). The maximum Gasteiger partial charge on any atom is 0.240 e. The van der Waals surface area contributed by atoms with Crippen LogP contribution < -0.4 is 5.43 Å². The smallest absolute Gasteiger partial charge is 0.240 e. The van der Waals surface area contributed by atoms with Crippen molar-refractivity contribution in [2.45, 2.75) is 26.7 Å². The molecule has 0 aromatic rings. The van der Waals surface area contributed by atoms with E-state index in [1.807, 2.05) is 6.92 Å². The molecule has 0 saturated carbocycles. The van der Waals surface area contributed by atoms with Gasteiger partial charge < -0.3 is 0 Å². The number of nitrogens with one attached hydrogen (secondary N) is 1. The molecule has 1 amide bonds. The van der Waals surface area contributed by atoms with Crippen LogP contribution in [0.2, 0.25) is 0 Å². The van der Waals surface area contributed by atoms with E-state index in [0.717, 1.165) is 6.42 Å². The van der Waals surface area contributed by atoms with Crippen molar-refractivity contribution in [1.29, 1.82) is 0 Å². The molecule has 9 heavy (non-hydrogen) atoms.